The highest BCUT2D eigenvalue weighted by Gasteiger charge is 2.05. The Morgan fingerprint density at radius 3 is 2.21 bits per heavy atom. The third kappa shape index (κ3) is 9.29. The van der Waals surface area contributed by atoms with Gasteiger partial charge in [0.1, 0.15) is 5.75 Å². The third-order valence-electron chi connectivity index (χ3n) is 4.23. The van der Waals surface area contributed by atoms with Crippen LogP contribution in [0.1, 0.15) is 64.9 Å². The first-order valence-corrected chi connectivity index (χ1v) is 9.95. The van der Waals surface area contributed by atoms with Crippen LogP contribution < -0.4 is 10.1 Å². The first-order chi connectivity index (χ1) is 11.8. The zero-order valence-corrected chi connectivity index (χ0v) is 16.2. The second-order valence-electron chi connectivity index (χ2n) is 6.54. The molecule has 1 aromatic carbocycles. The molecule has 0 bridgehead atoms. The highest BCUT2D eigenvalue weighted by Crippen LogP contribution is 2.17. The summed E-state index contributed by atoms with van der Waals surface area (Å²) in [5.74, 6) is 1.03. The molecule has 0 fully saturated rings. The summed E-state index contributed by atoms with van der Waals surface area (Å²) in [7, 11) is 0. The van der Waals surface area contributed by atoms with Crippen molar-refractivity contribution in [2.45, 2.75) is 65.8 Å². The Morgan fingerprint density at radius 1 is 0.875 bits per heavy atom. The second kappa shape index (κ2) is 14.3. The molecule has 1 aromatic rings. The quantitative estimate of drug-likeness (QED) is 0.464. The summed E-state index contributed by atoms with van der Waals surface area (Å²) in [6, 6.07) is 8.37. The number of benzene rings is 1. The van der Waals surface area contributed by atoms with Gasteiger partial charge in [-0.2, -0.15) is 0 Å². The smallest absolute Gasteiger partial charge is 0.123 e. The zero-order valence-electron chi connectivity index (χ0n) is 16.2. The first kappa shape index (κ1) is 21.0. The minimum atomic E-state index is 0.792. The fourth-order valence-electron chi connectivity index (χ4n) is 2.75. The predicted octanol–water partition coefficient (Wildman–Crippen LogP) is 4.86. The summed E-state index contributed by atoms with van der Waals surface area (Å²) < 4.78 is 5.82. The van der Waals surface area contributed by atoms with Crippen molar-refractivity contribution in [1.29, 1.82) is 0 Å². The van der Waals surface area contributed by atoms with Crippen LogP contribution in [0.5, 0.6) is 5.75 Å². The van der Waals surface area contributed by atoms with Crippen molar-refractivity contribution < 1.29 is 4.74 Å². The van der Waals surface area contributed by atoms with Crippen LogP contribution >= 0.6 is 0 Å². The Kier molecular flexibility index (Phi) is 12.5. The van der Waals surface area contributed by atoms with E-state index in [-0.39, 0.29) is 0 Å². The molecule has 24 heavy (non-hydrogen) atoms. The van der Waals surface area contributed by atoms with E-state index in [0.717, 1.165) is 31.9 Å². The van der Waals surface area contributed by atoms with E-state index >= 15 is 0 Å². The fraction of sp³-hybridized carbons (Fsp3) is 0.714. The first-order valence-electron chi connectivity index (χ1n) is 9.95. The molecule has 1 N–H and O–H groups in total. The average molecular weight is 335 g/mol. The second-order valence-corrected chi connectivity index (χ2v) is 6.54. The molecule has 0 amide bonds. The number of hydrogen-bond donors (Lipinski definition) is 1. The molecule has 0 aromatic heterocycles. The molecule has 0 atom stereocenters. The summed E-state index contributed by atoms with van der Waals surface area (Å²) in [6.45, 7) is 13.2. The molecule has 0 unspecified atom stereocenters. The van der Waals surface area contributed by atoms with Crippen molar-refractivity contribution >= 4 is 0 Å². The number of para-hydroxylation sites is 1. The fourth-order valence-corrected chi connectivity index (χ4v) is 2.75. The van der Waals surface area contributed by atoms with Gasteiger partial charge in [0.05, 0.1) is 6.61 Å². The molecule has 0 radical (unpaired) electrons. The summed E-state index contributed by atoms with van der Waals surface area (Å²) in [4.78, 5) is 2.63. The summed E-state index contributed by atoms with van der Waals surface area (Å²) in [5.41, 5.74) is 1.26. The van der Waals surface area contributed by atoms with Gasteiger partial charge in [-0.05, 0) is 57.9 Å². The Balaban J connectivity index is 2.26. The minimum absolute atomic E-state index is 0.792. The molecule has 0 aliphatic carbocycles. The maximum atomic E-state index is 5.82. The van der Waals surface area contributed by atoms with Crippen LogP contribution in [0.15, 0.2) is 24.3 Å². The van der Waals surface area contributed by atoms with E-state index in [1.807, 2.05) is 6.07 Å². The van der Waals surface area contributed by atoms with Gasteiger partial charge in [0.25, 0.3) is 0 Å². The molecule has 0 saturated carbocycles. The van der Waals surface area contributed by atoms with Crippen molar-refractivity contribution in [3.63, 3.8) is 0 Å². The lowest BCUT2D eigenvalue weighted by Gasteiger charge is -2.22. The molecular weight excluding hydrogens is 296 g/mol. The van der Waals surface area contributed by atoms with E-state index in [1.54, 1.807) is 0 Å². The number of nitrogens with zero attached hydrogens (tertiary/aromatic N) is 1. The Bertz CT molecular complexity index is 401. The predicted molar refractivity (Wildman–Crippen MR) is 105 cm³/mol. The molecule has 138 valence electrons. The lowest BCUT2D eigenvalue weighted by atomic mass is 10.2. The van der Waals surface area contributed by atoms with Gasteiger partial charge in [-0.25, -0.2) is 0 Å². The molecular formula is C21H38N2O. The lowest BCUT2D eigenvalue weighted by Crippen LogP contribution is -2.29. The lowest BCUT2D eigenvalue weighted by molar-refractivity contribution is 0.261. The van der Waals surface area contributed by atoms with E-state index in [0.29, 0.717) is 0 Å². The number of unbranched alkanes of at least 4 members (excludes halogenated alkanes) is 2. The number of ether oxygens (including phenoxy) is 1. The molecule has 0 spiro atoms. The van der Waals surface area contributed by atoms with Gasteiger partial charge >= 0.3 is 0 Å². The van der Waals surface area contributed by atoms with E-state index in [4.69, 9.17) is 4.74 Å². The van der Waals surface area contributed by atoms with Crippen LogP contribution in [-0.2, 0) is 6.54 Å². The van der Waals surface area contributed by atoms with E-state index in [1.165, 1.54) is 57.3 Å². The van der Waals surface area contributed by atoms with Crippen LogP contribution in [-0.4, -0.2) is 37.7 Å². The van der Waals surface area contributed by atoms with E-state index < -0.39 is 0 Å². The van der Waals surface area contributed by atoms with Crippen molar-refractivity contribution in [2.75, 3.05) is 32.8 Å². The average Bonchev–Trinajstić information content (AvgIpc) is 2.62. The molecule has 0 heterocycles. The van der Waals surface area contributed by atoms with E-state index in [2.05, 4.69) is 49.2 Å². The molecule has 3 heteroatoms. The summed E-state index contributed by atoms with van der Waals surface area (Å²) in [6.07, 6.45) is 7.47. The number of nitrogens with one attached hydrogen (secondary N) is 1. The van der Waals surface area contributed by atoms with Gasteiger partial charge in [0, 0.05) is 12.1 Å². The van der Waals surface area contributed by atoms with Crippen LogP contribution in [0.2, 0.25) is 0 Å². The standard InChI is InChI=1S/C21H38N2O/c1-4-7-15-23(16-8-5-2)17-11-14-22-19-20-12-9-10-13-21(20)24-18-6-3/h9-10,12-13,22H,4-8,11,14-19H2,1-3H3. The number of hydrogen-bond acceptors (Lipinski definition) is 3. The minimum Gasteiger partial charge on any atom is -0.493 e. The van der Waals surface area contributed by atoms with Crippen molar-refractivity contribution in [2.24, 2.45) is 0 Å². The Hall–Kier alpha value is -1.06. The normalized spacial score (nSPS) is 11.2. The number of rotatable bonds is 15. The molecule has 0 aliphatic rings. The van der Waals surface area contributed by atoms with Gasteiger partial charge in [-0.15, -0.1) is 0 Å². The maximum absolute atomic E-state index is 5.82. The van der Waals surface area contributed by atoms with Crippen LogP contribution in [0, 0.1) is 0 Å². The van der Waals surface area contributed by atoms with Gasteiger partial charge in [0.2, 0.25) is 0 Å². The monoisotopic (exact) mass is 334 g/mol. The van der Waals surface area contributed by atoms with Crippen molar-refractivity contribution in [1.82, 2.24) is 10.2 Å². The Morgan fingerprint density at radius 2 is 1.54 bits per heavy atom. The van der Waals surface area contributed by atoms with Gasteiger partial charge < -0.3 is 15.0 Å². The third-order valence-corrected chi connectivity index (χ3v) is 4.23. The molecule has 0 saturated heterocycles. The largest absolute Gasteiger partial charge is 0.493 e. The SMILES string of the molecule is CCCCN(CCCC)CCCNCc1ccccc1OCCC. The van der Waals surface area contributed by atoms with Crippen LogP contribution in [0.25, 0.3) is 0 Å². The summed E-state index contributed by atoms with van der Waals surface area (Å²) in [5, 5.41) is 3.58. The zero-order chi connectivity index (χ0) is 17.5. The summed E-state index contributed by atoms with van der Waals surface area (Å²) >= 11 is 0. The van der Waals surface area contributed by atoms with Gasteiger partial charge in [-0.1, -0.05) is 51.8 Å². The molecule has 0 aliphatic heterocycles. The topological polar surface area (TPSA) is 24.5 Å². The van der Waals surface area contributed by atoms with E-state index in [9.17, 15) is 0 Å². The van der Waals surface area contributed by atoms with Crippen LogP contribution in [0.3, 0.4) is 0 Å². The Labute approximate surface area is 149 Å². The molecule has 3 nitrogen and oxygen atoms in total. The highest BCUT2D eigenvalue weighted by atomic mass is 16.5. The van der Waals surface area contributed by atoms with Crippen LogP contribution in [0.4, 0.5) is 0 Å². The maximum Gasteiger partial charge on any atom is 0.123 e. The van der Waals surface area contributed by atoms with Crippen molar-refractivity contribution in [3.05, 3.63) is 29.8 Å². The van der Waals surface area contributed by atoms with Gasteiger partial charge in [-0.3, -0.25) is 0 Å². The van der Waals surface area contributed by atoms with Crippen molar-refractivity contribution in [3.8, 4) is 5.75 Å². The van der Waals surface area contributed by atoms with Gasteiger partial charge in [0.15, 0.2) is 0 Å². The molecule has 1 rings (SSSR count). The highest BCUT2D eigenvalue weighted by molar-refractivity contribution is 5.33.